The van der Waals surface area contributed by atoms with Crippen LogP contribution in [0, 0.1) is 13.8 Å². The van der Waals surface area contributed by atoms with Gasteiger partial charge in [0.05, 0.1) is 10.2 Å². The minimum atomic E-state index is -5.89. The van der Waals surface area contributed by atoms with E-state index in [4.69, 9.17) is 0 Å². The molecule has 2 aromatic carbocycles. The van der Waals surface area contributed by atoms with Gasteiger partial charge < -0.3 is 10.6 Å². The van der Waals surface area contributed by atoms with Crippen molar-refractivity contribution in [1.29, 1.82) is 0 Å². The number of nitrogens with one attached hydrogen (secondary N) is 2. The molecule has 1 aromatic heterocycles. The molecule has 1 amide bonds. The van der Waals surface area contributed by atoms with Gasteiger partial charge in [-0.05, 0) is 43.0 Å². The molecule has 3 rings (SSSR count). The minimum absolute atomic E-state index is 0.0158. The lowest BCUT2D eigenvalue weighted by molar-refractivity contribution is -0.295. The first-order valence-electron chi connectivity index (χ1n) is 9.47. The molecule has 3 aromatic rings. The first-order chi connectivity index (χ1) is 14.8. The van der Waals surface area contributed by atoms with Crippen LogP contribution in [0.15, 0.2) is 42.5 Å². The maximum Gasteiger partial charge on any atom is 0.439 e. The van der Waals surface area contributed by atoms with Crippen LogP contribution < -0.4 is 10.6 Å². The van der Waals surface area contributed by atoms with Crippen molar-refractivity contribution in [2.45, 2.75) is 44.7 Å². The van der Waals surface area contributed by atoms with E-state index in [1.807, 2.05) is 0 Å². The molecule has 0 aliphatic heterocycles. The number of benzene rings is 2. The van der Waals surface area contributed by atoms with Crippen molar-refractivity contribution in [3.8, 4) is 0 Å². The van der Waals surface area contributed by atoms with E-state index in [9.17, 15) is 31.1 Å². The lowest BCUT2D eigenvalue weighted by Gasteiger charge is -2.38. The van der Waals surface area contributed by atoms with Crippen molar-refractivity contribution < 1.29 is 31.1 Å². The van der Waals surface area contributed by atoms with E-state index in [1.54, 1.807) is 56.3 Å². The van der Waals surface area contributed by atoms with E-state index in [2.05, 4.69) is 4.98 Å². The number of rotatable bonds is 6. The number of amides is 1. The molecule has 0 unspecified atom stereocenters. The van der Waals surface area contributed by atoms with Gasteiger partial charge in [0.2, 0.25) is 5.91 Å². The van der Waals surface area contributed by atoms with Crippen LogP contribution in [0.5, 0.6) is 0 Å². The number of hydrogen-bond donors (Lipinski definition) is 2. The fraction of sp³-hybridized carbons (Fsp3) is 0.333. The predicted molar refractivity (Wildman–Crippen MR) is 110 cm³/mol. The van der Waals surface area contributed by atoms with Crippen molar-refractivity contribution in [1.82, 2.24) is 10.3 Å². The molecule has 11 heteroatoms. The topological polar surface area (TPSA) is 54.0 Å². The van der Waals surface area contributed by atoms with Gasteiger partial charge in [-0.3, -0.25) is 4.79 Å². The third kappa shape index (κ3) is 4.82. The fourth-order valence-electron chi connectivity index (χ4n) is 3.23. The summed E-state index contributed by atoms with van der Waals surface area (Å²) in [7, 11) is 0. The molecule has 0 saturated heterocycles. The number of carbonyl (C=O) groups is 1. The van der Waals surface area contributed by atoms with Crippen LogP contribution in [-0.2, 0) is 11.2 Å². The number of carbonyl (C=O) groups excluding carboxylic acids is 1. The van der Waals surface area contributed by atoms with E-state index >= 15 is 0 Å². The lowest BCUT2D eigenvalue weighted by atomic mass is 10.1. The summed E-state index contributed by atoms with van der Waals surface area (Å²) in [6, 6.07) is 11.6. The fourth-order valence-corrected chi connectivity index (χ4v) is 4.33. The first-order valence-corrected chi connectivity index (χ1v) is 10.3. The molecule has 1 heterocycles. The van der Waals surface area contributed by atoms with Gasteiger partial charge in [-0.15, -0.1) is 0 Å². The molecule has 0 aliphatic carbocycles. The summed E-state index contributed by atoms with van der Waals surface area (Å²) in [5, 5.41) is 2.02. The zero-order chi connectivity index (χ0) is 23.7. The van der Waals surface area contributed by atoms with Crippen LogP contribution in [0.1, 0.15) is 23.1 Å². The van der Waals surface area contributed by atoms with Crippen LogP contribution in [0.4, 0.5) is 31.5 Å². The Kier molecular flexibility index (Phi) is 6.41. The van der Waals surface area contributed by atoms with Gasteiger partial charge in [0.15, 0.2) is 5.13 Å². The average molecular weight is 475 g/mol. The summed E-state index contributed by atoms with van der Waals surface area (Å²) in [5.41, 5.74) is -2.39. The van der Waals surface area contributed by atoms with Crippen LogP contribution in [0.3, 0.4) is 0 Å². The number of aromatic nitrogens is 1. The summed E-state index contributed by atoms with van der Waals surface area (Å²) in [5.74, 6) is -1.40. The molecule has 0 saturated carbocycles. The van der Waals surface area contributed by atoms with Crippen molar-refractivity contribution >= 4 is 32.6 Å². The van der Waals surface area contributed by atoms with E-state index in [1.165, 1.54) is 10.6 Å². The van der Waals surface area contributed by atoms with E-state index in [0.29, 0.717) is 27.2 Å². The van der Waals surface area contributed by atoms with Gasteiger partial charge >= 0.3 is 18.0 Å². The zero-order valence-corrected chi connectivity index (χ0v) is 17.8. The molecular weight excluding hydrogens is 456 g/mol. The monoisotopic (exact) mass is 475 g/mol. The molecule has 0 atom stereocenters. The van der Waals surface area contributed by atoms with Gasteiger partial charge in [-0.2, -0.15) is 26.3 Å². The molecule has 0 fully saturated rings. The smallest absolute Gasteiger partial charge is 0.324 e. The quantitative estimate of drug-likeness (QED) is 0.345. The average Bonchev–Trinajstić information content (AvgIpc) is 3.07. The normalized spacial score (nSPS) is 12.8. The standard InChI is InChI=1S/C21H19F6N3OS/c1-12-10-13(2)17-15(11-12)32-18(28-17)30-19(20(22,23)24,21(25,26)27)29-16(31)9-8-14-6-4-3-5-7-14/h3-7,10-11H,8-9H2,1-2H3,(H,28,30)(H,29,31). The Morgan fingerprint density at radius 3 is 2.22 bits per heavy atom. The predicted octanol–water partition coefficient (Wildman–Crippen LogP) is 5.89. The highest BCUT2D eigenvalue weighted by Crippen LogP contribution is 2.44. The van der Waals surface area contributed by atoms with Crippen LogP contribution in [0.25, 0.3) is 10.2 Å². The van der Waals surface area contributed by atoms with Crippen LogP contribution in [0.2, 0.25) is 0 Å². The largest absolute Gasteiger partial charge is 0.439 e. The molecule has 4 nitrogen and oxygen atoms in total. The van der Waals surface area contributed by atoms with E-state index in [-0.39, 0.29) is 11.9 Å². The minimum Gasteiger partial charge on any atom is -0.324 e. The molecule has 0 spiro atoms. The molecule has 0 aliphatic rings. The Morgan fingerprint density at radius 2 is 1.62 bits per heavy atom. The van der Waals surface area contributed by atoms with Crippen molar-refractivity contribution in [3.05, 3.63) is 59.2 Å². The SMILES string of the molecule is Cc1cc(C)c2nc(NC(NC(=O)CCc3ccccc3)(C(F)(F)F)C(F)(F)F)sc2c1. The van der Waals surface area contributed by atoms with E-state index < -0.39 is 35.5 Å². The summed E-state index contributed by atoms with van der Waals surface area (Å²) in [6.07, 6.45) is -12.4. The first kappa shape index (κ1) is 23.8. The summed E-state index contributed by atoms with van der Waals surface area (Å²) < 4.78 is 83.6. The van der Waals surface area contributed by atoms with Gasteiger partial charge in [-0.1, -0.05) is 47.7 Å². The number of halogens is 6. The van der Waals surface area contributed by atoms with Gasteiger partial charge in [0.25, 0.3) is 0 Å². The van der Waals surface area contributed by atoms with Crippen molar-refractivity contribution in [2.75, 3.05) is 5.32 Å². The number of alkyl halides is 6. The van der Waals surface area contributed by atoms with Crippen molar-refractivity contribution in [3.63, 3.8) is 0 Å². The Morgan fingerprint density at radius 1 is 1.00 bits per heavy atom. The molecule has 0 radical (unpaired) electrons. The number of anilines is 1. The second-order valence-electron chi connectivity index (χ2n) is 7.35. The zero-order valence-electron chi connectivity index (χ0n) is 17.0. The van der Waals surface area contributed by atoms with Crippen LogP contribution in [-0.4, -0.2) is 28.9 Å². The van der Waals surface area contributed by atoms with Gasteiger partial charge in [0, 0.05) is 6.42 Å². The Hall–Kier alpha value is -2.82. The van der Waals surface area contributed by atoms with Crippen LogP contribution >= 0.6 is 11.3 Å². The van der Waals surface area contributed by atoms with Crippen molar-refractivity contribution in [2.24, 2.45) is 0 Å². The summed E-state index contributed by atoms with van der Waals surface area (Å²) in [4.78, 5) is 16.1. The Labute approximate surface area is 183 Å². The number of nitrogens with zero attached hydrogens (tertiary/aromatic N) is 1. The number of fused-ring (bicyclic) bond motifs is 1. The Bertz CT molecular complexity index is 1090. The number of thiazole rings is 1. The third-order valence-corrected chi connectivity index (χ3v) is 5.70. The molecule has 2 N–H and O–H groups in total. The second-order valence-corrected chi connectivity index (χ2v) is 8.38. The highest BCUT2D eigenvalue weighted by molar-refractivity contribution is 7.22. The maximum atomic E-state index is 13.9. The lowest BCUT2D eigenvalue weighted by Crippen LogP contribution is -2.72. The van der Waals surface area contributed by atoms with Gasteiger partial charge in [0.1, 0.15) is 0 Å². The Balaban J connectivity index is 1.94. The molecular formula is C21H19F6N3OS. The van der Waals surface area contributed by atoms with Gasteiger partial charge in [-0.25, -0.2) is 4.98 Å². The highest BCUT2D eigenvalue weighted by Gasteiger charge is 2.73. The highest BCUT2D eigenvalue weighted by atomic mass is 32.1. The molecule has 0 bridgehead atoms. The van der Waals surface area contributed by atoms with E-state index in [0.717, 1.165) is 5.56 Å². The third-order valence-electron chi connectivity index (χ3n) is 4.79. The number of hydrogen-bond acceptors (Lipinski definition) is 4. The number of aryl methyl sites for hydroxylation is 3. The maximum absolute atomic E-state index is 13.9. The molecule has 172 valence electrons. The summed E-state index contributed by atoms with van der Waals surface area (Å²) >= 11 is 0.648. The summed E-state index contributed by atoms with van der Waals surface area (Å²) in [6.45, 7) is 3.41. The molecule has 32 heavy (non-hydrogen) atoms. The second kappa shape index (κ2) is 8.61.